The maximum atomic E-state index is 5.88. The Morgan fingerprint density at radius 3 is 2.84 bits per heavy atom. The fraction of sp³-hybridized carbons (Fsp3) is 0.533. The van der Waals surface area contributed by atoms with Crippen LogP contribution in [-0.2, 0) is 17.7 Å². The van der Waals surface area contributed by atoms with Gasteiger partial charge in [0.05, 0.1) is 23.7 Å². The van der Waals surface area contributed by atoms with Crippen molar-refractivity contribution in [2.24, 2.45) is 0 Å². The summed E-state index contributed by atoms with van der Waals surface area (Å²) >= 11 is 5.88. The Bertz CT molecular complexity index is 548. The topological polar surface area (TPSA) is 27.1 Å². The Morgan fingerprint density at radius 1 is 1.37 bits per heavy atom. The number of imidazole rings is 1. The number of aromatic nitrogens is 2. The van der Waals surface area contributed by atoms with Crippen molar-refractivity contribution in [3.8, 4) is 0 Å². The maximum absolute atomic E-state index is 5.88. The first-order chi connectivity index (χ1) is 9.13. The number of nitrogens with zero attached hydrogens (tertiary/aromatic N) is 2. The van der Waals surface area contributed by atoms with Crippen molar-refractivity contribution in [1.29, 1.82) is 0 Å². The van der Waals surface area contributed by atoms with Crippen molar-refractivity contribution in [1.82, 2.24) is 9.55 Å². The van der Waals surface area contributed by atoms with E-state index in [1.54, 1.807) is 0 Å². The van der Waals surface area contributed by atoms with Gasteiger partial charge in [-0.2, -0.15) is 0 Å². The molecule has 104 valence electrons. The molecule has 0 amide bonds. The second kappa shape index (κ2) is 6.40. The number of aryl methyl sites for hydroxylation is 2. The smallest absolute Gasteiger partial charge is 0.111 e. The molecule has 19 heavy (non-hydrogen) atoms. The minimum Gasteiger partial charge on any atom is -0.377 e. The van der Waals surface area contributed by atoms with Crippen LogP contribution in [0.3, 0.4) is 0 Å². The second-order valence-electron chi connectivity index (χ2n) is 4.98. The number of fused-ring (bicyclic) bond motifs is 1. The predicted molar refractivity (Wildman–Crippen MR) is 80.0 cm³/mol. The van der Waals surface area contributed by atoms with Crippen LogP contribution in [0, 0.1) is 6.92 Å². The molecular formula is C15H21ClN2O. The Balaban J connectivity index is 2.32. The maximum Gasteiger partial charge on any atom is 0.111 e. The summed E-state index contributed by atoms with van der Waals surface area (Å²) in [6.07, 6.45) is 1.05. The summed E-state index contributed by atoms with van der Waals surface area (Å²) in [5.41, 5.74) is 3.46. The fourth-order valence-electron chi connectivity index (χ4n) is 2.24. The third-order valence-corrected chi connectivity index (χ3v) is 3.33. The van der Waals surface area contributed by atoms with Gasteiger partial charge in [-0.25, -0.2) is 4.98 Å². The standard InChI is InChI=1S/C15H21ClN2O/c1-11(2)19-10-9-18-13-6-4-5-12(3)15(13)17-14(18)7-8-16/h4-6,11H,7-10H2,1-3H3. The van der Waals surface area contributed by atoms with Crippen LogP contribution < -0.4 is 0 Å². The average Bonchev–Trinajstić information content (AvgIpc) is 2.70. The zero-order chi connectivity index (χ0) is 13.8. The predicted octanol–water partition coefficient (Wildman–Crippen LogP) is 3.55. The lowest BCUT2D eigenvalue weighted by Crippen LogP contribution is -2.13. The van der Waals surface area contributed by atoms with Crippen LogP contribution in [0.25, 0.3) is 11.0 Å². The Kier molecular flexibility index (Phi) is 4.83. The molecule has 1 heterocycles. The van der Waals surface area contributed by atoms with E-state index in [4.69, 9.17) is 21.3 Å². The Morgan fingerprint density at radius 2 is 2.16 bits per heavy atom. The highest BCUT2D eigenvalue weighted by Crippen LogP contribution is 2.20. The second-order valence-corrected chi connectivity index (χ2v) is 5.36. The van der Waals surface area contributed by atoms with Gasteiger partial charge in [0.2, 0.25) is 0 Å². The molecule has 0 aliphatic rings. The van der Waals surface area contributed by atoms with Gasteiger partial charge in [0.15, 0.2) is 0 Å². The van der Waals surface area contributed by atoms with Gasteiger partial charge in [0.1, 0.15) is 5.82 Å². The molecular weight excluding hydrogens is 260 g/mol. The SMILES string of the molecule is Cc1cccc2c1nc(CCCl)n2CCOC(C)C. The first kappa shape index (κ1) is 14.4. The number of halogens is 1. The van der Waals surface area contributed by atoms with Crippen molar-refractivity contribution in [2.45, 2.75) is 39.8 Å². The van der Waals surface area contributed by atoms with Gasteiger partial charge in [-0.05, 0) is 32.4 Å². The van der Waals surface area contributed by atoms with Crippen molar-refractivity contribution < 1.29 is 4.74 Å². The van der Waals surface area contributed by atoms with Gasteiger partial charge in [-0.15, -0.1) is 11.6 Å². The molecule has 0 aliphatic heterocycles. The van der Waals surface area contributed by atoms with Gasteiger partial charge < -0.3 is 9.30 Å². The lowest BCUT2D eigenvalue weighted by Gasteiger charge is -2.11. The first-order valence-electron chi connectivity index (χ1n) is 6.75. The van der Waals surface area contributed by atoms with E-state index < -0.39 is 0 Å². The van der Waals surface area contributed by atoms with E-state index in [1.165, 1.54) is 11.1 Å². The van der Waals surface area contributed by atoms with Gasteiger partial charge >= 0.3 is 0 Å². The normalized spacial score (nSPS) is 11.6. The molecule has 1 aromatic heterocycles. The molecule has 4 heteroatoms. The van der Waals surface area contributed by atoms with Crippen LogP contribution in [0.1, 0.15) is 25.2 Å². The highest BCUT2D eigenvalue weighted by Gasteiger charge is 2.11. The Hall–Kier alpha value is -1.06. The molecule has 0 atom stereocenters. The number of hydrogen-bond acceptors (Lipinski definition) is 2. The summed E-state index contributed by atoms with van der Waals surface area (Å²) in [6.45, 7) is 7.72. The molecule has 0 unspecified atom stereocenters. The van der Waals surface area contributed by atoms with E-state index in [-0.39, 0.29) is 6.10 Å². The molecule has 0 saturated carbocycles. The quantitative estimate of drug-likeness (QED) is 0.757. The molecule has 0 saturated heterocycles. The largest absolute Gasteiger partial charge is 0.377 e. The monoisotopic (exact) mass is 280 g/mol. The van der Waals surface area contributed by atoms with E-state index in [9.17, 15) is 0 Å². The summed E-state index contributed by atoms with van der Waals surface area (Å²) in [5, 5.41) is 0. The van der Waals surface area contributed by atoms with Crippen LogP contribution in [-0.4, -0.2) is 28.1 Å². The number of benzene rings is 1. The average molecular weight is 281 g/mol. The van der Waals surface area contributed by atoms with E-state index in [1.807, 2.05) is 0 Å². The van der Waals surface area contributed by atoms with Crippen LogP contribution >= 0.6 is 11.6 Å². The molecule has 2 rings (SSSR count). The fourth-order valence-corrected chi connectivity index (χ4v) is 2.41. The van der Waals surface area contributed by atoms with Gasteiger partial charge in [0, 0.05) is 18.8 Å². The lowest BCUT2D eigenvalue weighted by atomic mass is 10.2. The molecule has 0 bridgehead atoms. The highest BCUT2D eigenvalue weighted by molar-refractivity contribution is 6.17. The first-order valence-corrected chi connectivity index (χ1v) is 7.29. The summed E-state index contributed by atoms with van der Waals surface area (Å²) in [5.74, 6) is 1.64. The van der Waals surface area contributed by atoms with Crippen molar-refractivity contribution in [3.05, 3.63) is 29.6 Å². The zero-order valence-corrected chi connectivity index (χ0v) is 12.6. The van der Waals surface area contributed by atoms with Gasteiger partial charge in [0.25, 0.3) is 0 Å². The van der Waals surface area contributed by atoms with Crippen LogP contribution in [0.4, 0.5) is 0 Å². The minimum absolute atomic E-state index is 0.257. The number of rotatable bonds is 6. The summed E-state index contributed by atoms with van der Waals surface area (Å²) < 4.78 is 7.88. The molecule has 0 spiro atoms. The summed E-state index contributed by atoms with van der Waals surface area (Å²) in [4.78, 5) is 4.72. The number of para-hydroxylation sites is 1. The van der Waals surface area contributed by atoms with Gasteiger partial charge in [-0.3, -0.25) is 0 Å². The molecule has 0 N–H and O–H groups in total. The number of hydrogen-bond donors (Lipinski definition) is 0. The van der Waals surface area contributed by atoms with Crippen LogP contribution in [0.15, 0.2) is 18.2 Å². The van der Waals surface area contributed by atoms with Gasteiger partial charge in [-0.1, -0.05) is 12.1 Å². The zero-order valence-electron chi connectivity index (χ0n) is 11.8. The van der Waals surface area contributed by atoms with Crippen molar-refractivity contribution in [2.75, 3.05) is 12.5 Å². The number of alkyl halides is 1. The lowest BCUT2D eigenvalue weighted by molar-refractivity contribution is 0.0729. The van der Waals surface area contributed by atoms with Crippen LogP contribution in [0.2, 0.25) is 0 Å². The van der Waals surface area contributed by atoms with E-state index in [0.717, 1.165) is 24.3 Å². The van der Waals surface area contributed by atoms with Crippen LogP contribution in [0.5, 0.6) is 0 Å². The van der Waals surface area contributed by atoms with E-state index in [0.29, 0.717) is 12.5 Å². The van der Waals surface area contributed by atoms with E-state index >= 15 is 0 Å². The molecule has 0 aliphatic carbocycles. The molecule has 0 radical (unpaired) electrons. The molecule has 0 fully saturated rings. The molecule has 1 aromatic carbocycles. The summed E-state index contributed by atoms with van der Waals surface area (Å²) in [7, 11) is 0. The molecule has 2 aromatic rings. The minimum atomic E-state index is 0.257. The summed E-state index contributed by atoms with van der Waals surface area (Å²) in [6, 6.07) is 6.28. The van der Waals surface area contributed by atoms with E-state index in [2.05, 4.69) is 43.5 Å². The third-order valence-electron chi connectivity index (χ3n) is 3.14. The Labute approximate surface area is 119 Å². The van der Waals surface area contributed by atoms with Crippen molar-refractivity contribution >= 4 is 22.6 Å². The van der Waals surface area contributed by atoms with Crippen molar-refractivity contribution in [3.63, 3.8) is 0 Å². The molecule has 3 nitrogen and oxygen atoms in total. The number of ether oxygens (including phenoxy) is 1. The third kappa shape index (κ3) is 3.28. The highest BCUT2D eigenvalue weighted by atomic mass is 35.5.